The van der Waals surface area contributed by atoms with Crippen LogP contribution in [0.3, 0.4) is 0 Å². The molecule has 0 saturated carbocycles. The van der Waals surface area contributed by atoms with Gasteiger partial charge in [-0.15, -0.1) is 0 Å². The third-order valence-corrected chi connectivity index (χ3v) is 2.14. The molecule has 1 aromatic heterocycles. The lowest BCUT2D eigenvalue weighted by Gasteiger charge is -2.01. The van der Waals surface area contributed by atoms with Crippen LogP contribution in [0.1, 0.15) is 23.8 Å². The lowest BCUT2D eigenvalue weighted by Crippen LogP contribution is -2.15. The van der Waals surface area contributed by atoms with Gasteiger partial charge in [-0.1, -0.05) is 0 Å². The fourth-order valence-electron chi connectivity index (χ4n) is 1.40. The predicted molar refractivity (Wildman–Crippen MR) is 63.7 cm³/mol. The highest BCUT2D eigenvalue weighted by molar-refractivity contribution is 5.94. The minimum atomic E-state index is -0.408. The zero-order chi connectivity index (χ0) is 12.8. The highest BCUT2D eigenvalue weighted by Gasteiger charge is 2.13. The van der Waals surface area contributed by atoms with Crippen LogP contribution < -0.4 is 11.1 Å². The van der Waals surface area contributed by atoms with E-state index in [2.05, 4.69) is 5.32 Å². The Morgan fingerprint density at radius 2 is 2.24 bits per heavy atom. The van der Waals surface area contributed by atoms with Crippen LogP contribution in [0.2, 0.25) is 0 Å². The number of carbonyl (C=O) groups is 2. The molecule has 6 nitrogen and oxygen atoms in total. The van der Waals surface area contributed by atoms with Crippen molar-refractivity contribution in [1.82, 2.24) is 4.57 Å². The number of nitrogens with two attached hydrogens (primary N) is 1. The van der Waals surface area contributed by atoms with Crippen LogP contribution in [0.15, 0.2) is 12.3 Å². The molecule has 0 aliphatic carbocycles. The number of carbonyl (C=O) groups excluding carboxylic acids is 2. The van der Waals surface area contributed by atoms with Crippen molar-refractivity contribution in [3.63, 3.8) is 0 Å². The lowest BCUT2D eigenvalue weighted by atomic mass is 10.3. The van der Waals surface area contributed by atoms with Gasteiger partial charge in [0.15, 0.2) is 0 Å². The Balaban J connectivity index is 2.74. The van der Waals surface area contributed by atoms with E-state index in [0.717, 1.165) is 0 Å². The second kappa shape index (κ2) is 6.05. The van der Waals surface area contributed by atoms with Crippen LogP contribution >= 0.6 is 0 Å². The van der Waals surface area contributed by atoms with Crippen molar-refractivity contribution in [1.29, 1.82) is 0 Å². The van der Waals surface area contributed by atoms with Gasteiger partial charge < -0.3 is 20.4 Å². The molecule has 0 saturated heterocycles. The number of esters is 1. The summed E-state index contributed by atoms with van der Waals surface area (Å²) in [5, 5.41) is 2.65. The summed E-state index contributed by atoms with van der Waals surface area (Å²) in [6, 6.07) is 1.58. The van der Waals surface area contributed by atoms with E-state index in [1.165, 1.54) is 0 Å². The molecule has 6 heteroatoms. The van der Waals surface area contributed by atoms with Gasteiger partial charge in [-0.2, -0.15) is 0 Å². The molecule has 0 spiro atoms. The highest BCUT2D eigenvalue weighted by atomic mass is 16.5. The van der Waals surface area contributed by atoms with E-state index in [-0.39, 0.29) is 12.3 Å². The summed E-state index contributed by atoms with van der Waals surface area (Å²) in [6.45, 7) is 2.35. The number of aromatic nitrogens is 1. The minimum absolute atomic E-state index is 0.173. The summed E-state index contributed by atoms with van der Waals surface area (Å²) in [6.07, 6.45) is 1.91. The number of anilines is 1. The Morgan fingerprint density at radius 3 is 2.82 bits per heavy atom. The molecule has 0 aliphatic rings. The second-order valence-electron chi connectivity index (χ2n) is 3.53. The second-order valence-corrected chi connectivity index (χ2v) is 3.53. The maximum absolute atomic E-state index is 11.5. The molecule has 17 heavy (non-hydrogen) atoms. The van der Waals surface area contributed by atoms with Gasteiger partial charge in [-0.3, -0.25) is 4.79 Å². The Hall–Kier alpha value is -1.82. The number of amides is 1. The van der Waals surface area contributed by atoms with E-state index >= 15 is 0 Å². The molecule has 0 unspecified atom stereocenters. The third-order valence-electron chi connectivity index (χ3n) is 2.14. The molecule has 0 aliphatic heterocycles. The molecule has 1 rings (SSSR count). The monoisotopic (exact) mass is 239 g/mol. The molecule has 0 atom stereocenters. The average Bonchev–Trinajstić information content (AvgIpc) is 2.60. The van der Waals surface area contributed by atoms with Gasteiger partial charge >= 0.3 is 5.97 Å². The largest absolute Gasteiger partial charge is 0.461 e. The van der Waals surface area contributed by atoms with E-state index in [1.54, 1.807) is 30.8 Å². The first-order valence-corrected chi connectivity index (χ1v) is 5.42. The number of hydrogen-bond donors (Lipinski definition) is 2. The number of nitrogens with zero attached hydrogens (tertiary/aromatic N) is 1. The van der Waals surface area contributed by atoms with Crippen LogP contribution in [0, 0.1) is 0 Å². The van der Waals surface area contributed by atoms with Gasteiger partial charge in [0.2, 0.25) is 5.91 Å². The van der Waals surface area contributed by atoms with Gasteiger partial charge in [-0.05, 0) is 13.0 Å². The Morgan fingerprint density at radius 1 is 1.53 bits per heavy atom. The number of nitrogens with one attached hydrogen (secondary N) is 1. The van der Waals surface area contributed by atoms with Gasteiger partial charge in [0.05, 0.1) is 12.3 Å². The van der Waals surface area contributed by atoms with Crippen molar-refractivity contribution < 1.29 is 14.3 Å². The minimum Gasteiger partial charge on any atom is -0.461 e. The number of ether oxygens (including phenoxy) is 1. The summed E-state index contributed by atoms with van der Waals surface area (Å²) in [4.78, 5) is 22.8. The van der Waals surface area contributed by atoms with E-state index < -0.39 is 5.97 Å². The topological polar surface area (TPSA) is 86.3 Å². The van der Waals surface area contributed by atoms with Crippen molar-refractivity contribution in [3.05, 3.63) is 18.0 Å². The fraction of sp³-hybridized carbons (Fsp3) is 0.455. The first-order chi connectivity index (χ1) is 8.08. The van der Waals surface area contributed by atoms with Crippen molar-refractivity contribution >= 4 is 17.6 Å². The lowest BCUT2D eigenvalue weighted by molar-refractivity contribution is -0.116. The molecular weight excluding hydrogens is 222 g/mol. The molecule has 1 heterocycles. The van der Waals surface area contributed by atoms with Crippen molar-refractivity contribution in [2.75, 3.05) is 18.5 Å². The third kappa shape index (κ3) is 3.60. The number of rotatable bonds is 5. The highest BCUT2D eigenvalue weighted by Crippen LogP contribution is 2.14. The summed E-state index contributed by atoms with van der Waals surface area (Å²) in [7, 11) is 1.71. The molecule has 0 bridgehead atoms. The van der Waals surface area contributed by atoms with E-state index in [0.29, 0.717) is 24.5 Å². The molecule has 94 valence electrons. The quantitative estimate of drug-likeness (QED) is 0.732. The Bertz CT molecular complexity index is 412. The van der Waals surface area contributed by atoms with Gasteiger partial charge in [0.1, 0.15) is 5.69 Å². The van der Waals surface area contributed by atoms with Crippen molar-refractivity contribution in [2.24, 2.45) is 12.8 Å². The molecule has 1 amide bonds. The van der Waals surface area contributed by atoms with Gasteiger partial charge in [-0.25, -0.2) is 4.79 Å². The summed E-state index contributed by atoms with van der Waals surface area (Å²) in [5.41, 5.74) is 6.23. The number of aryl methyl sites for hydroxylation is 1. The smallest absolute Gasteiger partial charge is 0.355 e. The molecule has 1 aromatic rings. The van der Waals surface area contributed by atoms with Crippen LogP contribution in [0.4, 0.5) is 5.69 Å². The van der Waals surface area contributed by atoms with E-state index in [4.69, 9.17) is 10.5 Å². The normalized spacial score (nSPS) is 10.1. The number of hydrogen-bond acceptors (Lipinski definition) is 4. The first kappa shape index (κ1) is 13.2. The van der Waals surface area contributed by atoms with Crippen molar-refractivity contribution in [3.8, 4) is 0 Å². The zero-order valence-electron chi connectivity index (χ0n) is 10.0. The maximum Gasteiger partial charge on any atom is 0.355 e. The Kier molecular flexibility index (Phi) is 4.71. The van der Waals surface area contributed by atoms with Crippen molar-refractivity contribution in [2.45, 2.75) is 13.3 Å². The molecule has 0 fully saturated rings. The summed E-state index contributed by atoms with van der Waals surface area (Å²) in [5.74, 6) is -0.581. The van der Waals surface area contributed by atoms with Crippen LogP contribution in [0.25, 0.3) is 0 Å². The van der Waals surface area contributed by atoms with Gasteiger partial charge in [0, 0.05) is 26.2 Å². The molecular formula is C11H17N3O3. The van der Waals surface area contributed by atoms with E-state index in [1.807, 2.05) is 0 Å². The summed E-state index contributed by atoms with van der Waals surface area (Å²) >= 11 is 0. The maximum atomic E-state index is 11.5. The first-order valence-electron chi connectivity index (χ1n) is 5.42. The Labute approximate surface area is 99.7 Å². The zero-order valence-corrected chi connectivity index (χ0v) is 10.0. The predicted octanol–water partition coefficient (Wildman–Crippen LogP) is 0.489. The SMILES string of the molecule is CCOC(=O)c1cc(NC(=O)CCN)cn1C. The van der Waals surface area contributed by atoms with E-state index in [9.17, 15) is 9.59 Å². The fourth-order valence-corrected chi connectivity index (χ4v) is 1.40. The van der Waals surface area contributed by atoms with Gasteiger partial charge in [0.25, 0.3) is 0 Å². The molecule has 0 aromatic carbocycles. The standard InChI is InChI=1S/C11H17N3O3/c1-3-17-11(16)9-6-8(7-14(9)2)13-10(15)4-5-12/h6-7H,3-5,12H2,1-2H3,(H,13,15). The van der Waals surface area contributed by atoms with Crippen LogP contribution in [-0.2, 0) is 16.6 Å². The van der Waals surface area contributed by atoms with Crippen LogP contribution in [0.5, 0.6) is 0 Å². The molecule has 0 radical (unpaired) electrons. The molecule has 3 N–H and O–H groups in total. The average molecular weight is 239 g/mol. The summed E-state index contributed by atoms with van der Waals surface area (Å²) < 4.78 is 6.49. The van der Waals surface area contributed by atoms with Crippen LogP contribution in [-0.4, -0.2) is 29.6 Å².